The Balaban J connectivity index is 2.00. The highest BCUT2D eigenvalue weighted by Crippen LogP contribution is 2.27. The molecule has 3 rings (SSSR count). The molecule has 2 aromatic rings. The van der Waals surface area contributed by atoms with E-state index in [-0.39, 0.29) is 0 Å². The minimum Gasteiger partial charge on any atom is -0.310 e. The summed E-state index contributed by atoms with van der Waals surface area (Å²) in [6.07, 6.45) is 6.79. The van der Waals surface area contributed by atoms with Gasteiger partial charge in [-0.1, -0.05) is 35.8 Å². The van der Waals surface area contributed by atoms with E-state index in [9.17, 15) is 0 Å². The smallest absolute Gasteiger partial charge is 0.0997 e. The number of benzene rings is 1. The standard InChI is InChI=1S/C17H22BrN3/c1-12(2)19-10-13-7-8-14(18)9-17(13)21-11-20-15-5-3-4-6-16(15)21/h7-9,11-12,19H,3-6,10H2,1-2H3. The average molecular weight is 348 g/mol. The predicted molar refractivity (Wildman–Crippen MR) is 89.9 cm³/mol. The van der Waals surface area contributed by atoms with Crippen LogP contribution < -0.4 is 5.32 Å². The second-order valence-electron chi connectivity index (χ2n) is 6.02. The van der Waals surface area contributed by atoms with Crippen LogP contribution in [-0.4, -0.2) is 15.6 Å². The predicted octanol–water partition coefficient (Wildman–Crippen LogP) is 4.01. The number of nitrogens with one attached hydrogen (secondary N) is 1. The third-order valence-corrected chi connectivity index (χ3v) is 4.53. The molecule has 1 heterocycles. The zero-order valence-electron chi connectivity index (χ0n) is 12.7. The van der Waals surface area contributed by atoms with E-state index >= 15 is 0 Å². The Morgan fingerprint density at radius 2 is 2.10 bits per heavy atom. The summed E-state index contributed by atoms with van der Waals surface area (Å²) in [6, 6.07) is 7.00. The lowest BCUT2D eigenvalue weighted by Crippen LogP contribution is -2.22. The van der Waals surface area contributed by atoms with Gasteiger partial charge in [0.2, 0.25) is 0 Å². The van der Waals surface area contributed by atoms with Crippen LogP contribution in [-0.2, 0) is 19.4 Å². The fourth-order valence-electron chi connectivity index (χ4n) is 2.90. The Bertz CT molecular complexity index is 631. The fourth-order valence-corrected chi connectivity index (χ4v) is 3.25. The molecule has 112 valence electrons. The molecule has 1 aromatic heterocycles. The van der Waals surface area contributed by atoms with Gasteiger partial charge in [0.15, 0.2) is 0 Å². The summed E-state index contributed by atoms with van der Waals surface area (Å²) in [5.41, 5.74) is 5.24. The summed E-state index contributed by atoms with van der Waals surface area (Å²) in [5, 5.41) is 3.51. The molecule has 0 unspecified atom stereocenters. The van der Waals surface area contributed by atoms with Crippen LogP contribution in [0, 0.1) is 0 Å². The topological polar surface area (TPSA) is 29.9 Å². The van der Waals surface area contributed by atoms with Gasteiger partial charge in [-0.15, -0.1) is 0 Å². The molecule has 3 nitrogen and oxygen atoms in total. The Morgan fingerprint density at radius 3 is 2.90 bits per heavy atom. The lowest BCUT2D eigenvalue weighted by molar-refractivity contribution is 0.586. The Kier molecular flexibility index (Phi) is 4.45. The number of hydrogen-bond donors (Lipinski definition) is 1. The van der Waals surface area contributed by atoms with Gasteiger partial charge in [-0.25, -0.2) is 4.98 Å². The summed E-state index contributed by atoms with van der Waals surface area (Å²) < 4.78 is 3.40. The zero-order valence-corrected chi connectivity index (χ0v) is 14.3. The largest absolute Gasteiger partial charge is 0.310 e. The zero-order chi connectivity index (χ0) is 14.8. The van der Waals surface area contributed by atoms with Crippen LogP contribution in [0.15, 0.2) is 29.0 Å². The first-order valence-electron chi connectivity index (χ1n) is 7.72. The fraction of sp³-hybridized carbons (Fsp3) is 0.471. The van der Waals surface area contributed by atoms with Crippen molar-refractivity contribution in [1.82, 2.24) is 14.9 Å². The van der Waals surface area contributed by atoms with Crippen LogP contribution in [0.5, 0.6) is 0 Å². The molecule has 0 amide bonds. The molecular weight excluding hydrogens is 326 g/mol. The highest BCUT2D eigenvalue weighted by Gasteiger charge is 2.17. The first kappa shape index (κ1) is 14.8. The van der Waals surface area contributed by atoms with Gasteiger partial charge in [0.25, 0.3) is 0 Å². The van der Waals surface area contributed by atoms with Crippen molar-refractivity contribution in [2.45, 2.75) is 52.1 Å². The van der Waals surface area contributed by atoms with Crippen molar-refractivity contribution in [2.24, 2.45) is 0 Å². The molecule has 1 aromatic carbocycles. The van der Waals surface area contributed by atoms with Crippen molar-refractivity contribution in [2.75, 3.05) is 0 Å². The minimum atomic E-state index is 0.484. The molecule has 0 atom stereocenters. The van der Waals surface area contributed by atoms with Gasteiger partial charge in [-0.05, 0) is 43.4 Å². The lowest BCUT2D eigenvalue weighted by Gasteiger charge is -2.18. The summed E-state index contributed by atoms with van der Waals surface area (Å²) in [4.78, 5) is 4.63. The normalized spacial score (nSPS) is 14.5. The van der Waals surface area contributed by atoms with Crippen LogP contribution in [0.4, 0.5) is 0 Å². The number of aryl methyl sites for hydroxylation is 1. The molecule has 0 spiro atoms. The van der Waals surface area contributed by atoms with Gasteiger partial charge in [-0.2, -0.15) is 0 Å². The van der Waals surface area contributed by atoms with Crippen molar-refractivity contribution in [1.29, 1.82) is 0 Å². The Morgan fingerprint density at radius 1 is 1.29 bits per heavy atom. The number of imidazole rings is 1. The van der Waals surface area contributed by atoms with Crippen LogP contribution in [0.2, 0.25) is 0 Å². The second-order valence-corrected chi connectivity index (χ2v) is 6.94. The van der Waals surface area contributed by atoms with Crippen molar-refractivity contribution in [3.8, 4) is 5.69 Å². The van der Waals surface area contributed by atoms with Crippen LogP contribution in [0.25, 0.3) is 5.69 Å². The number of aromatic nitrogens is 2. The van der Waals surface area contributed by atoms with Gasteiger partial charge in [0, 0.05) is 22.8 Å². The molecule has 0 saturated heterocycles. The number of rotatable bonds is 4. The third-order valence-electron chi connectivity index (χ3n) is 4.04. The van der Waals surface area contributed by atoms with Crippen LogP contribution >= 0.6 is 15.9 Å². The van der Waals surface area contributed by atoms with E-state index in [1.54, 1.807) is 0 Å². The van der Waals surface area contributed by atoms with Crippen molar-refractivity contribution in [3.63, 3.8) is 0 Å². The van der Waals surface area contributed by atoms with E-state index in [1.165, 1.54) is 35.5 Å². The summed E-state index contributed by atoms with van der Waals surface area (Å²) >= 11 is 3.60. The molecule has 1 aliphatic rings. The van der Waals surface area contributed by atoms with Crippen LogP contribution in [0.3, 0.4) is 0 Å². The monoisotopic (exact) mass is 347 g/mol. The molecule has 1 aliphatic carbocycles. The Labute approximate surface area is 134 Å². The first-order chi connectivity index (χ1) is 10.1. The van der Waals surface area contributed by atoms with E-state index in [0.29, 0.717) is 6.04 Å². The third kappa shape index (κ3) is 3.22. The number of fused-ring (bicyclic) bond motifs is 1. The second kappa shape index (κ2) is 6.32. The maximum absolute atomic E-state index is 4.63. The molecular formula is C17H22BrN3. The molecule has 0 saturated carbocycles. The first-order valence-corrected chi connectivity index (χ1v) is 8.51. The summed E-state index contributed by atoms with van der Waals surface area (Å²) in [7, 11) is 0. The average Bonchev–Trinajstić information content (AvgIpc) is 2.89. The van der Waals surface area contributed by atoms with E-state index in [4.69, 9.17) is 0 Å². The van der Waals surface area contributed by atoms with E-state index in [1.807, 2.05) is 6.33 Å². The van der Waals surface area contributed by atoms with Gasteiger partial charge in [-0.3, -0.25) is 0 Å². The SMILES string of the molecule is CC(C)NCc1ccc(Br)cc1-n1cnc2c1CCCC2. The number of halogens is 1. The van der Waals surface area contributed by atoms with Crippen LogP contribution in [0.1, 0.15) is 43.6 Å². The maximum atomic E-state index is 4.63. The van der Waals surface area contributed by atoms with Crippen molar-refractivity contribution < 1.29 is 0 Å². The van der Waals surface area contributed by atoms with E-state index < -0.39 is 0 Å². The van der Waals surface area contributed by atoms with Gasteiger partial charge < -0.3 is 9.88 Å². The van der Waals surface area contributed by atoms with Crippen molar-refractivity contribution in [3.05, 3.63) is 46.0 Å². The Hall–Kier alpha value is -1.13. The highest BCUT2D eigenvalue weighted by molar-refractivity contribution is 9.10. The number of hydrogen-bond acceptors (Lipinski definition) is 2. The number of nitrogens with zero attached hydrogens (tertiary/aromatic N) is 2. The molecule has 0 fully saturated rings. The lowest BCUT2D eigenvalue weighted by atomic mass is 10.0. The molecule has 1 N–H and O–H groups in total. The van der Waals surface area contributed by atoms with Gasteiger partial charge in [0.1, 0.15) is 0 Å². The van der Waals surface area contributed by atoms with E-state index in [2.05, 4.69) is 62.8 Å². The molecule has 0 radical (unpaired) electrons. The maximum Gasteiger partial charge on any atom is 0.0997 e. The molecule has 4 heteroatoms. The highest BCUT2D eigenvalue weighted by atomic mass is 79.9. The van der Waals surface area contributed by atoms with Crippen molar-refractivity contribution >= 4 is 15.9 Å². The molecule has 21 heavy (non-hydrogen) atoms. The van der Waals surface area contributed by atoms with Gasteiger partial charge in [0.05, 0.1) is 17.7 Å². The quantitative estimate of drug-likeness (QED) is 0.905. The molecule has 0 bridgehead atoms. The minimum absolute atomic E-state index is 0.484. The van der Waals surface area contributed by atoms with Gasteiger partial charge >= 0.3 is 0 Å². The summed E-state index contributed by atoms with van der Waals surface area (Å²) in [6.45, 7) is 5.24. The summed E-state index contributed by atoms with van der Waals surface area (Å²) in [5.74, 6) is 0. The molecule has 0 aliphatic heterocycles. The van der Waals surface area contributed by atoms with E-state index in [0.717, 1.165) is 23.9 Å².